The van der Waals surface area contributed by atoms with Gasteiger partial charge < -0.3 is 9.13 Å². The molecule has 0 N–H and O–H groups in total. The Morgan fingerprint density at radius 3 is 1.36 bits per heavy atom. The molecule has 2 aromatic heterocycles. The van der Waals surface area contributed by atoms with E-state index < -0.39 is 5.41 Å². The molecule has 61 heavy (non-hydrogen) atoms. The highest BCUT2D eigenvalue weighted by atomic mass is 15.0. The van der Waals surface area contributed by atoms with Gasteiger partial charge in [-0.1, -0.05) is 164 Å². The zero-order valence-electron chi connectivity index (χ0n) is 33.2. The summed E-state index contributed by atoms with van der Waals surface area (Å²) in [5, 5.41) is 7.51. The van der Waals surface area contributed by atoms with Crippen LogP contribution in [-0.4, -0.2) is 9.13 Å². The fourth-order valence-corrected chi connectivity index (χ4v) is 11.5. The van der Waals surface area contributed by atoms with Crippen LogP contribution < -0.4 is 0 Å². The van der Waals surface area contributed by atoms with Gasteiger partial charge in [-0.05, 0) is 116 Å². The lowest BCUT2D eigenvalue weighted by Gasteiger charge is -2.30. The molecule has 10 aromatic carbocycles. The van der Waals surface area contributed by atoms with Crippen molar-refractivity contribution in [2.45, 2.75) is 5.41 Å². The Morgan fingerprint density at radius 2 is 0.738 bits per heavy atom. The minimum absolute atomic E-state index is 0.392. The summed E-state index contributed by atoms with van der Waals surface area (Å²) in [4.78, 5) is 0. The minimum atomic E-state index is -0.392. The van der Waals surface area contributed by atoms with E-state index in [9.17, 15) is 0 Å². The number of para-hydroxylation sites is 2. The largest absolute Gasteiger partial charge is 0.309 e. The number of nitrogens with zero attached hydrogens (tertiary/aromatic N) is 2. The second kappa shape index (κ2) is 12.1. The number of hydrogen-bond donors (Lipinski definition) is 0. The second-order valence-corrected chi connectivity index (χ2v) is 16.8. The number of hydrogen-bond acceptors (Lipinski definition) is 0. The van der Waals surface area contributed by atoms with E-state index in [4.69, 9.17) is 0 Å². The Kier molecular flexibility index (Phi) is 6.52. The van der Waals surface area contributed by atoms with Crippen molar-refractivity contribution >= 4 is 54.4 Å². The van der Waals surface area contributed by atoms with E-state index in [1.165, 1.54) is 121 Å². The van der Waals surface area contributed by atoms with Crippen LogP contribution in [0.25, 0.3) is 99.1 Å². The second-order valence-electron chi connectivity index (χ2n) is 16.8. The molecule has 2 aliphatic rings. The van der Waals surface area contributed by atoms with Gasteiger partial charge in [-0.25, -0.2) is 0 Å². The summed E-state index contributed by atoms with van der Waals surface area (Å²) in [6.45, 7) is 0. The molecule has 2 heterocycles. The molecule has 282 valence electrons. The maximum atomic E-state index is 2.49. The van der Waals surface area contributed by atoms with E-state index in [0.717, 1.165) is 0 Å². The van der Waals surface area contributed by atoms with Crippen LogP contribution >= 0.6 is 0 Å². The van der Waals surface area contributed by atoms with Crippen molar-refractivity contribution in [3.63, 3.8) is 0 Å². The molecule has 0 bridgehead atoms. The molecule has 2 aliphatic carbocycles. The van der Waals surface area contributed by atoms with Crippen molar-refractivity contribution in [3.8, 4) is 44.8 Å². The third-order valence-corrected chi connectivity index (χ3v) is 13.9. The molecule has 14 rings (SSSR count). The topological polar surface area (TPSA) is 9.86 Å². The van der Waals surface area contributed by atoms with Crippen LogP contribution in [0.4, 0.5) is 0 Å². The lowest BCUT2D eigenvalue weighted by atomic mass is 9.70. The van der Waals surface area contributed by atoms with Crippen molar-refractivity contribution in [1.82, 2.24) is 9.13 Å². The van der Waals surface area contributed by atoms with Gasteiger partial charge in [-0.15, -0.1) is 0 Å². The molecule has 12 aromatic rings. The van der Waals surface area contributed by atoms with Crippen molar-refractivity contribution in [3.05, 3.63) is 241 Å². The Morgan fingerprint density at radius 1 is 0.279 bits per heavy atom. The molecule has 0 aliphatic heterocycles. The average molecular weight is 773 g/mol. The number of fused-ring (bicyclic) bond motifs is 17. The van der Waals surface area contributed by atoms with Gasteiger partial charge in [0.15, 0.2) is 0 Å². The summed E-state index contributed by atoms with van der Waals surface area (Å²) >= 11 is 0. The summed E-state index contributed by atoms with van der Waals surface area (Å²) in [6, 6.07) is 81.5. The first-order chi connectivity index (χ1) is 30.3. The summed E-state index contributed by atoms with van der Waals surface area (Å²) in [5.74, 6) is 0. The van der Waals surface area contributed by atoms with Gasteiger partial charge in [-0.3, -0.25) is 0 Å². The molecule has 0 fully saturated rings. The Labute approximate surface area is 352 Å². The highest BCUT2D eigenvalue weighted by Crippen LogP contribution is 2.63. The van der Waals surface area contributed by atoms with Crippen molar-refractivity contribution in [2.24, 2.45) is 0 Å². The lowest BCUT2D eigenvalue weighted by molar-refractivity contribution is 0.792. The van der Waals surface area contributed by atoms with Gasteiger partial charge in [-0.2, -0.15) is 0 Å². The van der Waals surface area contributed by atoms with Crippen LogP contribution in [0.5, 0.6) is 0 Å². The lowest BCUT2D eigenvalue weighted by Crippen LogP contribution is -2.26. The van der Waals surface area contributed by atoms with Crippen LogP contribution in [0, 0.1) is 0 Å². The van der Waals surface area contributed by atoms with Crippen LogP contribution in [0.15, 0.2) is 218 Å². The van der Waals surface area contributed by atoms with Gasteiger partial charge in [0, 0.05) is 32.6 Å². The van der Waals surface area contributed by atoms with Gasteiger partial charge in [0.05, 0.1) is 33.2 Å². The molecule has 2 heteroatoms. The molecule has 0 atom stereocenters. The summed E-state index contributed by atoms with van der Waals surface area (Å²) in [5.41, 5.74) is 20.0. The SMILES string of the molecule is c1ccc2c(c1)-c1ccccc1C21c2ccccc2-c2ccc(-n3c4ccccc4c4cc(-c5ccc6c(c5)c5ccccc5n6-c5cccc6ccccc56)ccc43)cc21. The highest BCUT2D eigenvalue weighted by molar-refractivity contribution is 6.13. The van der Waals surface area contributed by atoms with Gasteiger partial charge in [0.2, 0.25) is 0 Å². The van der Waals surface area contributed by atoms with Gasteiger partial charge in [0.25, 0.3) is 0 Å². The average Bonchev–Trinajstić information content (AvgIpc) is 4.03. The van der Waals surface area contributed by atoms with E-state index in [2.05, 4.69) is 228 Å². The fraction of sp³-hybridized carbons (Fsp3) is 0.0169. The molecule has 0 radical (unpaired) electrons. The van der Waals surface area contributed by atoms with Crippen molar-refractivity contribution < 1.29 is 0 Å². The maximum absolute atomic E-state index is 2.49. The van der Waals surface area contributed by atoms with Crippen LogP contribution in [0.2, 0.25) is 0 Å². The molecule has 0 unspecified atom stereocenters. The van der Waals surface area contributed by atoms with Crippen LogP contribution in [0.1, 0.15) is 22.3 Å². The van der Waals surface area contributed by atoms with E-state index >= 15 is 0 Å². The maximum Gasteiger partial charge on any atom is 0.0726 e. The van der Waals surface area contributed by atoms with E-state index in [0.29, 0.717) is 0 Å². The standard InChI is InChI=1S/C59H36N2/c1-2-16-41-37(14-1)15-13-27-54(41)61-56-26-12-7-21-47(56)49-35-39(29-33-58(49)61)38-28-32-57-48(34-38)46-20-6-11-25-55(46)60(57)40-30-31-45-44-19-5-10-24-52(44)59(53(45)36-40)50-22-8-3-17-42(50)43-18-4-9-23-51(43)59/h1-36H. The van der Waals surface area contributed by atoms with Crippen LogP contribution in [-0.2, 0) is 5.41 Å². The quantitative estimate of drug-likeness (QED) is 0.169. The minimum Gasteiger partial charge on any atom is -0.309 e. The van der Waals surface area contributed by atoms with E-state index in [1.54, 1.807) is 0 Å². The first kappa shape index (κ1) is 33.0. The first-order valence-corrected chi connectivity index (χ1v) is 21.3. The Hall–Kier alpha value is -7.94. The smallest absolute Gasteiger partial charge is 0.0726 e. The molecule has 1 spiro atoms. The van der Waals surface area contributed by atoms with Gasteiger partial charge in [0.1, 0.15) is 0 Å². The molecular formula is C59H36N2. The number of rotatable bonds is 3. The van der Waals surface area contributed by atoms with Crippen molar-refractivity contribution in [1.29, 1.82) is 0 Å². The Bertz CT molecular complexity index is 3770. The zero-order chi connectivity index (χ0) is 39.8. The third-order valence-electron chi connectivity index (χ3n) is 13.9. The summed E-state index contributed by atoms with van der Waals surface area (Å²) < 4.78 is 4.93. The summed E-state index contributed by atoms with van der Waals surface area (Å²) in [6.07, 6.45) is 0. The third kappa shape index (κ3) is 4.26. The molecule has 0 saturated carbocycles. The highest BCUT2D eigenvalue weighted by Gasteiger charge is 2.51. The van der Waals surface area contributed by atoms with E-state index in [1.807, 2.05) is 0 Å². The normalized spacial score (nSPS) is 13.4. The zero-order valence-corrected chi connectivity index (χ0v) is 33.2. The van der Waals surface area contributed by atoms with E-state index in [-0.39, 0.29) is 0 Å². The molecular weight excluding hydrogens is 737 g/mol. The predicted octanol–water partition coefficient (Wildman–Crippen LogP) is 15.0. The predicted molar refractivity (Wildman–Crippen MR) is 254 cm³/mol. The molecule has 0 amide bonds. The number of aromatic nitrogens is 2. The first-order valence-electron chi connectivity index (χ1n) is 21.3. The molecule has 0 saturated heterocycles. The monoisotopic (exact) mass is 772 g/mol. The van der Waals surface area contributed by atoms with Crippen molar-refractivity contribution in [2.75, 3.05) is 0 Å². The summed E-state index contributed by atoms with van der Waals surface area (Å²) in [7, 11) is 0. The van der Waals surface area contributed by atoms with Crippen LogP contribution in [0.3, 0.4) is 0 Å². The number of benzene rings is 10. The Balaban J connectivity index is 0.963. The molecule has 2 nitrogen and oxygen atoms in total. The fourth-order valence-electron chi connectivity index (χ4n) is 11.5. The van der Waals surface area contributed by atoms with Gasteiger partial charge >= 0.3 is 0 Å².